The first-order valence-corrected chi connectivity index (χ1v) is 4.68. The minimum atomic E-state index is 1.11. The molecule has 0 unspecified atom stereocenters. The molecule has 0 spiro atoms. The van der Waals surface area contributed by atoms with Crippen LogP contribution in [-0.2, 0) is 0 Å². The van der Waals surface area contributed by atoms with Gasteiger partial charge in [0.15, 0.2) is 0 Å². The van der Waals surface area contributed by atoms with Crippen LogP contribution < -0.4 is 0 Å². The van der Waals surface area contributed by atoms with Gasteiger partial charge < -0.3 is 0 Å². The summed E-state index contributed by atoms with van der Waals surface area (Å²) in [7, 11) is 0. The van der Waals surface area contributed by atoms with Crippen molar-refractivity contribution >= 4 is 11.3 Å². The first kappa shape index (κ1) is 12.3. The van der Waals surface area contributed by atoms with Gasteiger partial charge in [-0.25, -0.2) is 0 Å². The number of thiazole rings is 1. The Hall–Kier alpha value is -0.370. The van der Waals surface area contributed by atoms with Crippen molar-refractivity contribution < 1.29 is 0 Å². The molecule has 0 fully saturated rings. The van der Waals surface area contributed by atoms with E-state index in [1.807, 2.05) is 45.5 Å². The minimum Gasteiger partial charge on any atom is -0.250 e. The standard InChI is InChI=1S/C4H5NS.2C2H6/c1-4-2-6-3-5-4;2*1-2/h2-3H,1H3;2*1-2H3. The second-order valence-electron chi connectivity index (χ2n) is 1.13. The molecule has 0 aromatic carbocycles. The molecule has 1 heterocycles. The van der Waals surface area contributed by atoms with Gasteiger partial charge in [-0.3, -0.25) is 4.98 Å². The minimum absolute atomic E-state index is 1.11. The predicted molar refractivity (Wildman–Crippen MR) is 49.5 cm³/mol. The summed E-state index contributed by atoms with van der Waals surface area (Å²) >= 11 is 1.63. The fraction of sp³-hybridized carbons (Fsp3) is 0.625. The molecule has 2 heteroatoms. The maximum absolute atomic E-state index is 3.94. The molecular weight excluding hydrogens is 142 g/mol. The summed E-state index contributed by atoms with van der Waals surface area (Å²) in [6.07, 6.45) is 0. The van der Waals surface area contributed by atoms with Gasteiger partial charge in [-0.2, -0.15) is 0 Å². The topological polar surface area (TPSA) is 12.9 Å². The maximum Gasteiger partial charge on any atom is 0.0794 e. The first-order chi connectivity index (χ1) is 4.89. The lowest BCUT2D eigenvalue weighted by Crippen LogP contribution is -1.59. The molecule has 0 bridgehead atoms. The molecule has 1 aromatic heterocycles. The van der Waals surface area contributed by atoms with Gasteiger partial charge in [-0.05, 0) is 6.92 Å². The van der Waals surface area contributed by atoms with E-state index in [9.17, 15) is 0 Å². The fourth-order valence-electron chi connectivity index (χ4n) is 0.273. The molecule has 10 heavy (non-hydrogen) atoms. The third-order valence-corrected chi connectivity index (χ3v) is 1.26. The average Bonchev–Trinajstić information content (AvgIpc) is 2.48. The molecule has 0 aliphatic carbocycles. The van der Waals surface area contributed by atoms with Crippen LogP contribution in [0.3, 0.4) is 0 Å². The van der Waals surface area contributed by atoms with Crippen LogP contribution in [0.4, 0.5) is 0 Å². The zero-order chi connectivity index (χ0) is 8.41. The second kappa shape index (κ2) is 11.4. The lowest BCUT2D eigenvalue weighted by atomic mass is 10.6. The number of aromatic nitrogens is 1. The molecule has 0 aliphatic heterocycles. The van der Waals surface area contributed by atoms with Crippen LogP contribution in [0.2, 0.25) is 0 Å². The smallest absolute Gasteiger partial charge is 0.0794 e. The third-order valence-electron chi connectivity index (χ3n) is 0.556. The first-order valence-electron chi connectivity index (χ1n) is 3.74. The van der Waals surface area contributed by atoms with Crippen molar-refractivity contribution in [3.8, 4) is 0 Å². The van der Waals surface area contributed by atoms with E-state index in [0.29, 0.717) is 0 Å². The summed E-state index contributed by atoms with van der Waals surface area (Å²) in [5.74, 6) is 0. The van der Waals surface area contributed by atoms with Crippen molar-refractivity contribution in [2.24, 2.45) is 0 Å². The zero-order valence-electron chi connectivity index (χ0n) is 7.51. The van der Waals surface area contributed by atoms with Gasteiger partial charge in [-0.15, -0.1) is 11.3 Å². The number of hydrogen-bond acceptors (Lipinski definition) is 2. The Morgan fingerprint density at radius 1 is 1.20 bits per heavy atom. The Kier molecular flexibility index (Phi) is 14.1. The summed E-state index contributed by atoms with van der Waals surface area (Å²) in [6, 6.07) is 0. The van der Waals surface area contributed by atoms with E-state index in [0.717, 1.165) is 5.69 Å². The van der Waals surface area contributed by atoms with Crippen molar-refractivity contribution in [2.75, 3.05) is 0 Å². The SMILES string of the molecule is CC.CC.Cc1cscn1. The highest BCUT2D eigenvalue weighted by Crippen LogP contribution is 1.95. The van der Waals surface area contributed by atoms with Gasteiger partial charge in [0.1, 0.15) is 0 Å². The van der Waals surface area contributed by atoms with E-state index < -0.39 is 0 Å². The van der Waals surface area contributed by atoms with Crippen LogP contribution in [0.5, 0.6) is 0 Å². The molecule has 1 aromatic rings. The quantitative estimate of drug-likeness (QED) is 0.564. The van der Waals surface area contributed by atoms with E-state index in [1.54, 1.807) is 11.3 Å². The van der Waals surface area contributed by atoms with Crippen molar-refractivity contribution in [3.05, 3.63) is 16.6 Å². The molecular formula is C8H17NS. The van der Waals surface area contributed by atoms with Crippen LogP contribution >= 0.6 is 11.3 Å². The highest BCUT2D eigenvalue weighted by molar-refractivity contribution is 7.07. The third kappa shape index (κ3) is 7.63. The van der Waals surface area contributed by atoms with Gasteiger partial charge in [0, 0.05) is 11.1 Å². The number of nitrogens with zero attached hydrogens (tertiary/aromatic N) is 1. The van der Waals surface area contributed by atoms with E-state index in [4.69, 9.17) is 0 Å². The summed E-state index contributed by atoms with van der Waals surface area (Å²) in [5, 5.41) is 2.01. The van der Waals surface area contributed by atoms with Crippen molar-refractivity contribution in [3.63, 3.8) is 0 Å². The Morgan fingerprint density at radius 3 is 1.80 bits per heavy atom. The molecule has 1 nitrogen and oxygen atoms in total. The normalized spacial score (nSPS) is 6.50. The summed E-state index contributed by atoms with van der Waals surface area (Å²) in [6.45, 7) is 9.98. The van der Waals surface area contributed by atoms with Crippen molar-refractivity contribution in [1.29, 1.82) is 0 Å². The molecule has 60 valence electrons. The second-order valence-corrected chi connectivity index (χ2v) is 1.85. The van der Waals surface area contributed by atoms with Crippen LogP contribution in [0.15, 0.2) is 10.9 Å². The van der Waals surface area contributed by atoms with Crippen LogP contribution in [0, 0.1) is 6.92 Å². The van der Waals surface area contributed by atoms with Gasteiger partial charge in [0.05, 0.1) is 5.51 Å². The Balaban J connectivity index is 0. The van der Waals surface area contributed by atoms with Crippen molar-refractivity contribution in [2.45, 2.75) is 34.6 Å². The van der Waals surface area contributed by atoms with Gasteiger partial charge in [0.25, 0.3) is 0 Å². The Morgan fingerprint density at radius 2 is 1.70 bits per heavy atom. The van der Waals surface area contributed by atoms with Crippen LogP contribution in [0.1, 0.15) is 33.4 Å². The zero-order valence-corrected chi connectivity index (χ0v) is 8.33. The Labute approximate surface area is 68.1 Å². The molecule has 0 amide bonds. The average molecular weight is 159 g/mol. The number of rotatable bonds is 0. The maximum atomic E-state index is 3.94. The molecule has 0 atom stereocenters. The summed E-state index contributed by atoms with van der Waals surface area (Å²) < 4.78 is 0. The van der Waals surface area contributed by atoms with E-state index in [2.05, 4.69) is 4.98 Å². The molecule has 0 saturated carbocycles. The molecule has 1 rings (SSSR count). The van der Waals surface area contributed by atoms with Crippen molar-refractivity contribution in [1.82, 2.24) is 4.98 Å². The molecule has 0 radical (unpaired) electrons. The monoisotopic (exact) mass is 159 g/mol. The van der Waals surface area contributed by atoms with Crippen LogP contribution in [-0.4, -0.2) is 4.98 Å². The number of aryl methyl sites for hydroxylation is 1. The highest BCUT2D eigenvalue weighted by atomic mass is 32.1. The van der Waals surface area contributed by atoms with Gasteiger partial charge in [0.2, 0.25) is 0 Å². The number of hydrogen-bond donors (Lipinski definition) is 0. The fourth-order valence-corrected chi connectivity index (χ4v) is 0.819. The lowest BCUT2D eigenvalue weighted by Gasteiger charge is -1.64. The van der Waals surface area contributed by atoms with E-state index >= 15 is 0 Å². The van der Waals surface area contributed by atoms with E-state index in [1.165, 1.54) is 0 Å². The molecule has 0 aliphatic rings. The predicted octanol–water partition coefficient (Wildman–Crippen LogP) is 3.50. The largest absolute Gasteiger partial charge is 0.250 e. The summed E-state index contributed by atoms with van der Waals surface area (Å²) in [4.78, 5) is 3.94. The van der Waals surface area contributed by atoms with Crippen LogP contribution in [0.25, 0.3) is 0 Å². The summed E-state index contributed by atoms with van der Waals surface area (Å²) in [5.41, 5.74) is 2.94. The highest BCUT2D eigenvalue weighted by Gasteiger charge is 1.76. The van der Waals surface area contributed by atoms with Gasteiger partial charge >= 0.3 is 0 Å². The molecule has 0 saturated heterocycles. The van der Waals surface area contributed by atoms with E-state index in [-0.39, 0.29) is 0 Å². The molecule has 0 N–H and O–H groups in total. The lowest BCUT2D eigenvalue weighted by molar-refractivity contribution is 1.27. The van der Waals surface area contributed by atoms with Gasteiger partial charge in [-0.1, -0.05) is 27.7 Å². The Bertz CT molecular complexity index is 113.